The average molecular weight is 467 g/mol. The molecule has 0 aliphatic carbocycles. The van der Waals surface area contributed by atoms with Gasteiger partial charge in [-0.05, 0) is 36.8 Å². The Labute approximate surface area is 186 Å². The molecule has 1 aliphatic heterocycles. The van der Waals surface area contributed by atoms with Gasteiger partial charge in [-0.15, -0.1) is 11.8 Å². The SMILES string of the molecule is CCOC(=O)C1=C(CSc2ccc(C(F)(F)F)cn2)NC(=O)NC1c1ccc(OC)cc1. The van der Waals surface area contributed by atoms with Crippen molar-refractivity contribution in [1.82, 2.24) is 15.6 Å². The van der Waals surface area contributed by atoms with Crippen LogP contribution in [0.3, 0.4) is 0 Å². The maximum absolute atomic E-state index is 12.7. The Morgan fingerprint density at radius 2 is 1.91 bits per heavy atom. The summed E-state index contributed by atoms with van der Waals surface area (Å²) in [5.74, 6) is 0.0867. The fraction of sp³-hybridized carbons (Fsp3) is 0.286. The highest BCUT2D eigenvalue weighted by Gasteiger charge is 2.34. The number of hydrogen-bond donors (Lipinski definition) is 2. The Kier molecular flexibility index (Phi) is 7.29. The normalized spacial score (nSPS) is 16.3. The molecule has 0 saturated carbocycles. The first-order valence-electron chi connectivity index (χ1n) is 9.50. The summed E-state index contributed by atoms with van der Waals surface area (Å²) >= 11 is 1.08. The number of esters is 1. The van der Waals surface area contributed by atoms with Crippen LogP contribution in [0.4, 0.5) is 18.0 Å². The van der Waals surface area contributed by atoms with E-state index in [1.54, 1.807) is 31.2 Å². The van der Waals surface area contributed by atoms with Gasteiger partial charge in [0.25, 0.3) is 0 Å². The van der Waals surface area contributed by atoms with E-state index in [9.17, 15) is 22.8 Å². The number of benzene rings is 1. The van der Waals surface area contributed by atoms with Gasteiger partial charge < -0.3 is 20.1 Å². The van der Waals surface area contributed by atoms with E-state index in [1.165, 1.54) is 13.2 Å². The average Bonchev–Trinajstić information content (AvgIpc) is 2.77. The third-order valence-electron chi connectivity index (χ3n) is 4.53. The molecular formula is C21H20F3N3O4S. The number of carbonyl (C=O) groups is 2. The van der Waals surface area contributed by atoms with E-state index in [1.807, 2.05) is 0 Å². The van der Waals surface area contributed by atoms with Crippen LogP contribution in [0.1, 0.15) is 24.1 Å². The molecule has 3 rings (SSSR count). The number of thioether (sulfide) groups is 1. The number of nitrogens with one attached hydrogen (secondary N) is 2. The van der Waals surface area contributed by atoms with Gasteiger partial charge in [0.1, 0.15) is 5.75 Å². The van der Waals surface area contributed by atoms with Crippen molar-refractivity contribution < 1.29 is 32.2 Å². The zero-order valence-electron chi connectivity index (χ0n) is 17.2. The van der Waals surface area contributed by atoms with Crippen molar-refractivity contribution in [2.75, 3.05) is 19.5 Å². The Hall–Kier alpha value is -3.21. The van der Waals surface area contributed by atoms with Gasteiger partial charge in [0, 0.05) is 17.6 Å². The molecule has 1 aromatic carbocycles. The van der Waals surface area contributed by atoms with Gasteiger partial charge in [-0.25, -0.2) is 14.6 Å². The fourth-order valence-corrected chi connectivity index (χ4v) is 3.82. The second-order valence-electron chi connectivity index (χ2n) is 6.59. The first kappa shape index (κ1) is 23.5. The number of urea groups is 1. The third-order valence-corrected chi connectivity index (χ3v) is 5.50. The van der Waals surface area contributed by atoms with Gasteiger partial charge in [0.15, 0.2) is 0 Å². The van der Waals surface area contributed by atoms with E-state index in [0.717, 1.165) is 24.0 Å². The van der Waals surface area contributed by atoms with E-state index in [0.29, 0.717) is 22.0 Å². The smallest absolute Gasteiger partial charge is 0.417 e. The van der Waals surface area contributed by atoms with Gasteiger partial charge in [-0.1, -0.05) is 12.1 Å². The standard InChI is InChI=1S/C21H20F3N3O4S/c1-3-31-19(28)17-15(11-32-16-9-6-13(10-25-16)21(22,23)24)26-20(29)27-18(17)12-4-7-14(30-2)8-5-12/h4-10,18H,3,11H2,1-2H3,(H2,26,27,29). The van der Waals surface area contributed by atoms with Crippen LogP contribution < -0.4 is 15.4 Å². The number of halogens is 3. The van der Waals surface area contributed by atoms with Crippen LogP contribution in [0.15, 0.2) is 58.9 Å². The van der Waals surface area contributed by atoms with Crippen molar-refractivity contribution in [3.63, 3.8) is 0 Å². The van der Waals surface area contributed by atoms with Crippen LogP contribution in [0.25, 0.3) is 0 Å². The van der Waals surface area contributed by atoms with Crippen molar-refractivity contribution >= 4 is 23.8 Å². The van der Waals surface area contributed by atoms with Gasteiger partial charge in [0.2, 0.25) is 0 Å². The number of hydrogen-bond acceptors (Lipinski definition) is 6. The van der Waals surface area contributed by atoms with Crippen molar-refractivity contribution in [1.29, 1.82) is 0 Å². The van der Waals surface area contributed by atoms with E-state index >= 15 is 0 Å². The zero-order chi connectivity index (χ0) is 23.3. The first-order valence-corrected chi connectivity index (χ1v) is 10.5. The predicted molar refractivity (Wildman–Crippen MR) is 111 cm³/mol. The molecule has 0 bridgehead atoms. The molecule has 1 atom stereocenters. The highest BCUT2D eigenvalue weighted by molar-refractivity contribution is 7.99. The molecule has 7 nitrogen and oxygen atoms in total. The number of rotatable bonds is 7. The van der Waals surface area contributed by atoms with Crippen molar-refractivity contribution in [2.24, 2.45) is 0 Å². The van der Waals surface area contributed by atoms with Gasteiger partial charge in [-0.3, -0.25) is 0 Å². The molecule has 11 heteroatoms. The Bertz CT molecular complexity index is 1010. The summed E-state index contributed by atoms with van der Waals surface area (Å²) in [6.07, 6.45) is -3.74. The number of methoxy groups -OCH3 is 1. The highest BCUT2D eigenvalue weighted by Crippen LogP contribution is 2.32. The quantitative estimate of drug-likeness (QED) is 0.471. The van der Waals surface area contributed by atoms with Crippen LogP contribution in [-0.2, 0) is 15.7 Å². The molecule has 2 N–H and O–H groups in total. The van der Waals surface area contributed by atoms with E-state index < -0.39 is 29.8 Å². The number of alkyl halides is 3. The molecule has 32 heavy (non-hydrogen) atoms. The Balaban J connectivity index is 1.90. The summed E-state index contributed by atoms with van der Waals surface area (Å²) in [6.45, 7) is 1.79. The summed E-state index contributed by atoms with van der Waals surface area (Å²) in [6, 6.07) is 7.71. The molecular weight excluding hydrogens is 447 g/mol. The second kappa shape index (κ2) is 9.94. The molecule has 2 aromatic rings. The first-order chi connectivity index (χ1) is 15.2. The second-order valence-corrected chi connectivity index (χ2v) is 7.58. The van der Waals surface area contributed by atoms with Crippen molar-refractivity contribution in [2.45, 2.75) is 24.2 Å². The number of pyridine rings is 1. The number of amides is 2. The number of carbonyl (C=O) groups excluding carboxylic acids is 2. The molecule has 0 saturated heterocycles. The molecule has 2 amide bonds. The molecule has 1 aromatic heterocycles. The predicted octanol–water partition coefficient (Wildman–Crippen LogP) is 4.07. The summed E-state index contributed by atoms with van der Waals surface area (Å²) in [7, 11) is 1.52. The van der Waals surface area contributed by atoms with Crippen LogP contribution in [-0.4, -0.2) is 36.5 Å². The maximum atomic E-state index is 12.7. The van der Waals surface area contributed by atoms with Crippen LogP contribution in [0.5, 0.6) is 5.75 Å². The Morgan fingerprint density at radius 3 is 2.47 bits per heavy atom. The largest absolute Gasteiger partial charge is 0.497 e. The summed E-state index contributed by atoms with van der Waals surface area (Å²) in [5.41, 5.74) is 0.276. The molecule has 1 aliphatic rings. The Morgan fingerprint density at radius 1 is 1.19 bits per heavy atom. The van der Waals surface area contributed by atoms with E-state index in [-0.39, 0.29) is 17.9 Å². The monoisotopic (exact) mass is 467 g/mol. The number of nitrogens with zero attached hydrogens (tertiary/aromatic N) is 1. The summed E-state index contributed by atoms with van der Waals surface area (Å²) < 4.78 is 48.5. The summed E-state index contributed by atoms with van der Waals surface area (Å²) in [5, 5.41) is 5.63. The highest BCUT2D eigenvalue weighted by atomic mass is 32.2. The lowest BCUT2D eigenvalue weighted by Gasteiger charge is -2.29. The topological polar surface area (TPSA) is 89.5 Å². The lowest BCUT2D eigenvalue weighted by Crippen LogP contribution is -2.46. The molecule has 0 spiro atoms. The zero-order valence-corrected chi connectivity index (χ0v) is 18.0. The minimum absolute atomic E-state index is 0.0899. The fourth-order valence-electron chi connectivity index (χ4n) is 3.01. The van der Waals surface area contributed by atoms with Crippen molar-refractivity contribution in [3.8, 4) is 5.75 Å². The molecule has 1 unspecified atom stereocenters. The molecule has 2 heterocycles. The van der Waals surface area contributed by atoms with Gasteiger partial charge in [-0.2, -0.15) is 13.2 Å². The molecule has 0 fully saturated rings. The van der Waals surface area contributed by atoms with Crippen molar-refractivity contribution in [3.05, 3.63) is 65.0 Å². The maximum Gasteiger partial charge on any atom is 0.417 e. The van der Waals surface area contributed by atoms with Crippen LogP contribution in [0.2, 0.25) is 0 Å². The summed E-state index contributed by atoms with van der Waals surface area (Å²) in [4.78, 5) is 28.8. The lowest BCUT2D eigenvalue weighted by molar-refractivity contribution is -0.139. The minimum Gasteiger partial charge on any atom is -0.497 e. The third kappa shape index (κ3) is 5.52. The number of aromatic nitrogens is 1. The van der Waals surface area contributed by atoms with E-state index in [4.69, 9.17) is 9.47 Å². The van der Waals surface area contributed by atoms with Crippen LogP contribution in [0, 0.1) is 0 Å². The van der Waals surface area contributed by atoms with Crippen LogP contribution >= 0.6 is 11.8 Å². The molecule has 0 radical (unpaired) electrons. The van der Waals surface area contributed by atoms with E-state index in [2.05, 4.69) is 15.6 Å². The minimum atomic E-state index is -4.48. The van der Waals surface area contributed by atoms with Gasteiger partial charge in [0.05, 0.1) is 35.9 Å². The lowest BCUT2D eigenvalue weighted by atomic mass is 9.95. The van der Waals surface area contributed by atoms with Gasteiger partial charge >= 0.3 is 18.2 Å². The number of ether oxygens (including phenoxy) is 2. The molecule has 170 valence electrons.